The van der Waals surface area contributed by atoms with Gasteiger partial charge in [-0.1, -0.05) is 0 Å². The number of thiophene rings is 1. The minimum atomic E-state index is 0.0450. The van der Waals surface area contributed by atoms with Gasteiger partial charge in [-0.25, -0.2) is 0 Å². The lowest BCUT2D eigenvalue weighted by molar-refractivity contribution is 0.102. The Morgan fingerprint density at radius 2 is 2.20 bits per heavy atom. The fourth-order valence-corrected chi connectivity index (χ4v) is 3.40. The third kappa shape index (κ3) is 2.29. The molecular weight excluding hydrogens is 228 g/mol. The third-order valence-electron chi connectivity index (χ3n) is 2.23. The number of nitrogens with two attached hydrogens (primary N) is 1. The normalized spacial score (nSPS) is 10.4. The first-order valence-electron chi connectivity index (χ1n) is 4.71. The number of nitrogen functional groups attached to an aromatic ring is 1. The molecule has 1 rings (SSSR count). The SMILES string of the molecule is CCN(C)c1sc(C(C)=O)c(N)c1SC. The Hall–Kier alpha value is -0.680. The third-order valence-corrected chi connectivity index (χ3v) is 4.60. The molecule has 1 aromatic heterocycles. The Balaban J connectivity index is 3.27. The minimum Gasteiger partial charge on any atom is -0.396 e. The molecule has 0 aliphatic heterocycles. The summed E-state index contributed by atoms with van der Waals surface area (Å²) in [7, 11) is 2.01. The molecule has 0 bridgehead atoms. The summed E-state index contributed by atoms with van der Waals surface area (Å²) >= 11 is 3.08. The van der Waals surface area contributed by atoms with Gasteiger partial charge in [0.05, 0.1) is 15.5 Å². The predicted molar refractivity (Wildman–Crippen MR) is 69.5 cm³/mol. The Labute approximate surface area is 98.6 Å². The number of hydrogen-bond donors (Lipinski definition) is 1. The van der Waals surface area contributed by atoms with E-state index >= 15 is 0 Å². The van der Waals surface area contributed by atoms with Gasteiger partial charge in [0.15, 0.2) is 5.78 Å². The Bertz CT molecular complexity index is 374. The average molecular weight is 244 g/mol. The van der Waals surface area contributed by atoms with Crippen LogP contribution in [0.3, 0.4) is 0 Å². The highest BCUT2D eigenvalue weighted by Crippen LogP contribution is 2.43. The molecule has 0 aliphatic carbocycles. The number of Topliss-reactive ketones (excluding diaryl/α,β-unsaturated/α-hetero) is 1. The highest BCUT2D eigenvalue weighted by Gasteiger charge is 2.19. The molecule has 0 saturated heterocycles. The largest absolute Gasteiger partial charge is 0.396 e. The van der Waals surface area contributed by atoms with Crippen molar-refractivity contribution < 1.29 is 4.79 Å². The molecule has 0 radical (unpaired) electrons. The fourth-order valence-electron chi connectivity index (χ4n) is 1.27. The van der Waals surface area contributed by atoms with Crippen LogP contribution < -0.4 is 10.6 Å². The molecule has 0 unspecified atom stereocenters. The van der Waals surface area contributed by atoms with Crippen LogP contribution in [0.5, 0.6) is 0 Å². The van der Waals surface area contributed by atoms with Gasteiger partial charge in [0, 0.05) is 20.5 Å². The van der Waals surface area contributed by atoms with Crippen molar-refractivity contribution in [3.05, 3.63) is 4.88 Å². The summed E-state index contributed by atoms with van der Waals surface area (Å²) < 4.78 is 0. The van der Waals surface area contributed by atoms with Gasteiger partial charge in [0.2, 0.25) is 0 Å². The van der Waals surface area contributed by atoms with E-state index in [-0.39, 0.29) is 5.78 Å². The maximum absolute atomic E-state index is 11.4. The molecule has 0 saturated carbocycles. The van der Waals surface area contributed by atoms with Crippen LogP contribution in [-0.4, -0.2) is 25.6 Å². The van der Waals surface area contributed by atoms with Gasteiger partial charge in [-0.15, -0.1) is 23.1 Å². The Morgan fingerprint density at radius 1 is 1.60 bits per heavy atom. The lowest BCUT2D eigenvalue weighted by atomic mass is 10.3. The molecule has 1 aromatic rings. The summed E-state index contributed by atoms with van der Waals surface area (Å²) in [5.74, 6) is 0.0450. The smallest absolute Gasteiger partial charge is 0.171 e. The molecule has 84 valence electrons. The molecule has 1 heterocycles. The van der Waals surface area contributed by atoms with E-state index in [9.17, 15) is 4.79 Å². The first-order valence-corrected chi connectivity index (χ1v) is 6.75. The van der Waals surface area contributed by atoms with Crippen molar-refractivity contribution in [2.75, 3.05) is 30.5 Å². The van der Waals surface area contributed by atoms with E-state index in [0.29, 0.717) is 10.6 Å². The lowest BCUT2D eigenvalue weighted by Gasteiger charge is -2.15. The van der Waals surface area contributed by atoms with Gasteiger partial charge in [0.1, 0.15) is 5.00 Å². The van der Waals surface area contributed by atoms with E-state index in [2.05, 4.69) is 11.8 Å². The molecule has 0 aliphatic rings. The molecule has 0 amide bonds. The maximum Gasteiger partial charge on any atom is 0.171 e. The molecule has 2 N–H and O–H groups in total. The molecule has 5 heteroatoms. The topological polar surface area (TPSA) is 46.3 Å². The van der Waals surface area contributed by atoms with E-state index in [0.717, 1.165) is 16.4 Å². The summed E-state index contributed by atoms with van der Waals surface area (Å²) in [5, 5.41) is 1.09. The summed E-state index contributed by atoms with van der Waals surface area (Å²) in [6.45, 7) is 4.54. The van der Waals surface area contributed by atoms with Crippen molar-refractivity contribution in [1.29, 1.82) is 0 Å². The second-order valence-corrected chi connectivity index (χ2v) is 5.07. The monoisotopic (exact) mass is 244 g/mol. The fraction of sp³-hybridized carbons (Fsp3) is 0.500. The first-order chi connectivity index (χ1) is 7.02. The molecule has 0 aromatic carbocycles. The van der Waals surface area contributed by atoms with Gasteiger partial charge in [-0.05, 0) is 13.2 Å². The number of carbonyl (C=O) groups is 1. The quantitative estimate of drug-likeness (QED) is 0.653. The van der Waals surface area contributed by atoms with E-state index < -0.39 is 0 Å². The second kappa shape index (κ2) is 4.90. The van der Waals surface area contributed by atoms with E-state index in [4.69, 9.17) is 5.73 Å². The Morgan fingerprint density at radius 3 is 2.60 bits per heavy atom. The van der Waals surface area contributed by atoms with Crippen LogP contribution in [0.2, 0.25) is 0 Å². The van der Waals surface area contributed by atoms with Crippen LogP contribution >= 0.6 is 23.1 Å². The number of carbonyl (C=O) groups excluding carboxylic acids is 1. The second-order valence-electron chi connectivity index (χ2n) is 3.25. The zero-order valence-electron chi connectivity index (χ0n) is 9.46. The summed E-state index contributed by atoms with van der Waals surface area (Å²) in [6, 6.07) is 0. The molecule has 0 spiro atoms. The Kier molecular flexibility index (Phi) is 4.04. The van der Waals surface area contributed by atoms with Crippen LogP contribution in [-0.2, 0) is 0 Å². The number of thioether (sulfide) groups is 1. The highest BCUT2D eigenvalue weighted by atomic mass is 32.2. The van der Waals surface area contributed by atoms with Crippen molar-refractivity contribution in [3.63, 3.8) is 0 Å². The van der Waals surface area contributed by atoms with Gasteiger partial charge < -0.3 is 10.6 Å². The number of ketones is 1. The average Bonchev–Trinajstić information content (AvgIpc) is 2.54. The van der Waals surface area contributed by atoms with Gasteiger partial charge >= 0.3 is 0 Å². The van der Waals surface area contributed by atoms with E-state index in [1.165, 1.54) is 11.3 Å². The summed E-state index contributed by atoms with van der Waals surface area (Å²) in [5.41, 5.74) is 6.58. The van der Waals surface area contributed by atoms with Gasteiger partial charge in [0.25, 0.3) is 0 Å². The molecular formula is C10H16N2OS2. The van der Waals surface area contributed by atoms with Gasteiger partial charge in [-0.2, -0.15) is 0 Å². The van der Waals surface area contributed by atoms with Gasteiger partial charge in [-0.3, -0.25) is 4.79 Å². The van der Waals surface area contributed by atoms with Crippen molar-refractivity contribution in [2.45, 2.75) is 18.7 Å². The number of nitrogens with zero attached hydrogens (tertiary/aromatic N) is 1. The zero-order chi connectivity index (χ0) is 11.6. The molecule has 0 fully saturated rings. The maximum atomic E-state index is 11.4. The van der Waals surface area contributed by atoms with Crippen molar-refractivity contribution in [3.8, 4) is 0 Å². The van der Waals surface area contributed by atoms with Crippen LogP contribution in [0.1, 0.15) is 23.5 Å². The van der Waals surface area contributed by atoms with E-state index in [1.54, 1.807) is 18.7 Å². The molecule has 15 heavy (non-hydrogen) atoms. The lowest BCUT2D eigenvalue weighted by Crippen LogP contribution is -2.14. The minimum absolute atomic E-state index is 0.0450. The van der Waals surface area contributed by atoms with Crippen LogP contribution in [0, 0.1) is 0 Å². The van der Waals surface area contributed by atoms with E-state index in [1.807, 2.05) is 13.3 Å². The standard InChI is InChI=1S/C10H16N2OS2/c1-5-12(3)10-9(14-4)7(11)8(15-10)6(2)13/h5,11H2,1-4H3. The number of anilines is 2. The zero-order valence-corrected chi connectivity index (χ0v) is 11.1. The molecule has 0 atom stereocenters. The predicted octanol–water partition coefficient (Wildman–Crippen LogP) is 2.71. The van der Waals surface area contributed by atoms with Crippen molar-refractivity contribution in [2.24, 2.45) is 0 Å². The van der Waals surface area contributed by atoms with Crippen LogP contribution in [0.25, 0.3) is 0 Å². The van der Waals surface area contributed by atoms with Crippen molar-refractivity contribution >= 4 is 39.6 Å². The van der Waals surface area contributed by atoms with Crippen LogP contribution in [0.4, 0.5) is 10.7 Å². The van der Waals surface area contributed by atoms with Crippen LogP contribution in [0.15, 0.2) is 4.90 Å². The van der Waals surface area contributed by atoms with Crippen molar-refractivity contribution in [1.82, 2.24) is 0 Å². The highest BCUT2D eigenvalue weighted by molar-refractivity contribution is 7.99. The summed E-state index contributed by atoms with van der Waals surface area (Å²) in [6.07, 6.45) is 1.98. The molecule has 3 nitrogen and oxygen atoms in total. The first kappa shape index (κ1) is 12.4. The number of hydrogen-bond acceptors (Lipinski definition) is 5. The number of rotatable bonds is 4. The summed E-state index contributed by atoms with van der Waals surface area (Å²) in [4.78, 5) is 15.2.